The van der Waals surface area contributed by atoms with Crippen molar-refractivity contribution in [3.63, 3.8) is 0 Å². The molecule has 168 valence electrons. The molecule has 0 heterocycles. The number of para-hydroxylation sites is 1. The van der Waals surface area contributed by atoms with Crippen molar-refractivity contribution in [2.45, 2.75) is 18.3 Å². The Morgan fingerprint density at radius 2 is 1.18 bits per heavy atom. The Bertz CT molecular complexity index is 1410. The van der Waals surface area contributed by atoms with E-state index in [-0.39, 0.29) is 0 Å². The lowest BCUT2D eigenvalue weighted by Crippen LogP contribution is -2.40. The second-order valence-corrected chi connectivity index (χ2v) is 8.78. The lowest BCUT2D eigenvalue weighted by molar-refractivity contribution is -0.143. The molecule has 0 saturated carbocycles. The Hall–Kier alpha value is -4.11. The Labute approximate surface area is 199 Å². The summed E-state index contributed by atoms with van der Waals surface area (Å²) >= 11 is 0. The number of carbonyl (C=O) groups is 1. The molecule has 3 nitrogen and oxygen atoms in total. The highest BCUT2D eigenvalue weighted by Crippen LogP contribution is 2.49. The van der Waals surface area contributed by atoms with Gasteiger partial charge in [-0.15, -0.1) is 0 Å². The minimum atomic E-state index is -1.30. The first-order valence-corrected chi connectivity index (χ1v) is 11.4. The number of hydrogen-bond acceptors (Lipinski definition) is 2. The lowest BCUT2D eigenvalue weighted by atomic mass is 9.64. The monoisotopic (exact) mass is 446 g/mol. The molecule has 0 saturated heterocycles. The molecule has 0 fully saturated rings. The smallest absolute Gasteiger partial charge is 0.314 e. The summed E-state index contributed by atoms with van der Waals surface area (Å²) in [4.78, 5) is 13.3. The van der Waals surface area contributed by atoms with Crippen LogP contribution in [-0.4, -0.2) is 18.2 Å². The van der Waals surface area contributed by atoms with Crippen molar-refractivity contribution in [3.8, 4) is 5.75 Å². The molecule has 5 aromatic carbocycles. The van der Waals surface area contributed by atoms with Crippen LogP contribution in [-0.2, 0) is 10.2 Å². The van der Waals surface area contributed by atoms with E-state index in [9.17, 15) is 9.90 Å². The van der Waals surface area contributed by atoms with Crippen molar-refractivity contribution in [1.82, 2.24) is 0 Å². The number of carboxylic acid groups (broad SMARTS) is 1. The fourth-order valence-electron chi connectivity index (χ4n) is 5.26. The van der Waals surface area contributed by atoms with Gasteiger partial charge in [0.15, 0.2) is 0 Å². The van der Waals surface area contributed by atoms with Crippen molar-refractivity contribution in [1.29, 1.82) is 0 Å². The van der Waals surface area contributed by atoms with E-state index in [4.69, 9.17) is 4.74 Å². The molecule has 0 aliphatic rings. The average Bonchev–Trinajstić information content (AvgIpc) is 2.89. The van der Waals surface area contributed by atoms with E-state index in [0.29, 0.717) is 11.3 Å². The zero-order valence-corrected chi connectivity index (χ0v) is 19.2. The highest BCUT2D eigenvalue weighted by atomic mass is 16.5. The van der Waals surface area contributed by atoms with E-state index in [2.05, 4.69) is 48.5 Å². The largest absolute Gasteiger partial charge is 0.496 e. The summed E-state index contributed by atoms with van der Waals surface area (Å²) in [5.41, 5.74) is 1.30. The van der Waals surface area contributed by atoms with Gasteiger partial charge in [0, 0.05) is 11.5 Å². The van der Waals surface area contributed by atoms with Crippen LogP contribution in [0.15, 0.2) is 109 Å². The number of rotatable bonds is 6. The number of carboxylic acids is 1. The van der Waals surface area contributed by atoms with Gasteiger partial charge in [-0.25, -0.2) is 0 Å². The van der Waals surface area contributed by atoms with E-state index in [1.165, 1.54) is 0 Å². The normalized spacial score (nSPS) is 13.1. The van der Waals surface area contributed by atoms with Gasteiger partial charge in [0.05, 0.1) is 7.11 Å². The van der Waals surface area contributed by atoms with Gasteiger partial charge < -0.3 is 9.84 Å². The molecule has 5 aromatic rings. The predicted molar refractivity (Wildman–Crippen MR) is 138 cm³/mol. The van der Waals surface area contributed by atoms with Gasteiger partial charge in [0.1, 0.15) is 11.2 Å². The quantitative estimate of drug-likeness (QED) is 0.301. The van der Waals surface area contributed by atoms with E-state index in [1.807, 2.05) is 67.6 Å². The van der Waals surface area contributed by atoms with Crippen LogP contribution >= 0.6 is 0 Å². The Morgan fingerprint density at radius 3 is 1.71 bits per heavy atom. The Balaban J connectivity index is 1.93. The molecule has 0 amide bonds. The van der Waals surface area contributed by atoms with E-state index in [1.54, 1.807) is 7.11 Å². The van der Waals surface area contributed by atoms with Gasteiger partial charge in [0.2, 0.25) is 0 Å². The maximum atomic E-state index is 13.3. The van der Waals surface area contributed by atoms with Crippen LogP contribution in [0.5, 0.6) is 5.75 Å². The first-order valence-electron chi connectivity index (χ1n) is 11.4. The molecule has 0 radical (unpaired) electrons. The van der Waals surface area contributed by atoms with Crippen LogP contribution in [0.25, 0.3) is 21.5 Å². The number of aliphatic carboxylic acids is 1. The molecule has 3 heteroatoms. The van der Waals surface area contributed by atoms with Crippen LogP contribution in [0.2, 0.25) is 0 Å². The third-order valence-corrected chi connectivity index (χ3v) is 6.96. The molecular weight excluding hydrogens is 420 g/mol. The number of fused-ring (bicyclic) bond motifs is 2. The van der Waals surface area contributed by atoms with Crippen molar-refractivity contribution < 1.29 is 14.6 Å². The Morgan fingerprint density at radius 1 is 0.706 bits per heavy atom. The van der Waals surface area contributed by atoms with Crippen LogP contribution in [0, 0.1) is 0 Å². The van der Waals surface area contributed by atoms with Gasteiger partial charge in [-0.3, -0.25) is 4.79 Å². The van der Waals surface area contributed by atoms with Crippen LogP contribution in [0.3, 0.4) is 0 Å². The minimum Gasteiger partial charge on any atom is -0.496 e. The number of methoxy groups -OCH3 is 1. The first-order chi connectivity index (χ1) is 16.6. The first kappa shape index (κ1) is 21.7. The lowest BCUT2D eigenvalue weighted by Gasteiger charge is -2.37. The van der Waals surface area contributed by atoms with Gasteiger partial charge in [0.25, 0.3) is 0 Å². The zero-order valence-electron chi connectivity index (χ0n) is 19.2. The molecular formula is C31H26O3. The van der Waals surface area contributed by atoms with E-state index >= 15 is 0 Å². The molecule has 0 aliphatic carbocycles. The van der Waals surface area contributed by atoms with E-state index < -0.39 is 17.3 Å². The summed E-state index contributed by atoms with van der Waals surface area (Å²) in [6, 6.07) is 36.1. The molecule has 5 rings (SSSR count). The molecule has 0 bridgehead atoms. The van der Waals surface area contributed by atoms with Gasteiger partial charge in [-0.1, -0.05) is 103 Å². The van der Waals surface area contributed by atoms with E-state index in [0.717, 1.165) is 32.7 Å². The summed E-state index contributed by atoms with van der Waals surface area (Å²) in [5.74, 6) is -0.806. The summed E-state index contributed by atoms with van der Waals surface area (Å²) in [6.07, 6.45) is 0. The number of benzene rings is 5. The topological polar surface area (TPSA) is 46.5 Å². The van der Waals surface area contributed by atoms with Gasteiger partial charge in [-0.2, -0.15) is 0 Å². The standard InChI is InChI=1S/C31H26O3/c1-31(30(32)33,27-19-7-8-20-28(27)34-2)29(25-17-9-13-21-11-3-5-15-23(21)25)26-18-10-14-22-12-4-6-16-24(22)26/h3-20,29H,1-2H3,(H,32,33). The van der Waals surface area contributed by atoms with Crippen LogP contribution < -0.4 is 4.74 Å². The molecule has 0 aromatic heterocycles. The highest BCUT2D eigenvalue weighted by molar-refractivity contribution is 5.94. The summed E-state index contributed by atoms with van der Waals surface area (Å²) in [5, 5.41) is 15.1. The average molecular weight is 447 g/mol. The van der Waals surface area contributed by atoms with Gasteiger partial charge >= 0.3 is 5.97 Å². The van der Waals surface area contributed by atoms with Crippen LogP contribution in [0.4, 0.5) is 0 Å². The minimum absolute atomic E-state index is 0.474. The van der Waals surface area contributed by atoms with Crippen LogP contribution in [0.1, 0.15) is 29.5 Å². The summed E-state index contributed by atoms with van der Waals surface area (Å²) < 4.78 is 5.68. The SMILES string of the molecule is COc1ccccc1C(C)(C(=O)O)C(c1cccc2ccccc12)c1cccc2ccccc12. The second kappa shape index (κ2) is 8.68. The van der Waals surface area contributed by atoms with Crippen molar-refractivity contribution in [2.75, 3.05) is 7.11 Å². The molecule has 1 unspecified atom stereocenters. The molecule has 1 atom stereocenters. The second-order valence-electron chi connectivity index (χ2n) is 8.78. The summed E-state index contributed by atoms with van der Waals surface area (Å²) in [7, 11) is 1.59. The third-order valence-electron chi connectivity index (χ3n) is 6.96. The maximum Gasteiger partial charge on any atom is 0.314 e. The predicted octanol–water partition coefficient (Wildman–Crippen LogP) is 7.18. The number of hydrogen-bond donors (Lipinski definition) is 1. The number of ether oxygens (including phenoxy) is 1. The van der Waals surface area contributed by atoms with Crippen molar-refractivity contribution in [2.24, 2.45) is 0 Å². The molecule has 0 aliphatic heterocycles. The fraction of sp³-hybridized carbons (Fsp3) is 0.129. The third kappa shape index (κ3) is 3.41. The summed E-state index contributed by atoms with van der Waals surface area (Å²) in [6.45, 7) is 1.82. The fourth-order valence-corrected chi connectivity index (χ4v) is 5.26. The Kier molecular flexibility index (Phi) is 5.54. The highest BCUT2D eigenvalue weighted by Gasteiger charge is 2.47. The van der Waals surface area contributed by atoms with Crippen molar-refractivity contribution >= 4 is 27.5 Å². The maximum absolute atomic E-state index is 13.3. The molecule has 1 N–H and O–H groups in total. The van der Waals surface area contributed by atoms with Crippen molar-refractivity contribution in [3.05, 3.63) is 126 Å². The van der Waals surface area contributed by atoms with Gasteiger partial charge in [-0.05, 0) is 45.7 Å². The zero-order chi connectivity index (χ0) is 23.7. The molecule has 0 spiro atoms. The molecule has 34 heavy (non-hydrogen) atoms.